The molecule has 0 spiro atoms. The zero-order valence-electron chi connectivity index (χ0n) is 11.4. The number of hydrogen-bond donors (Lipinski definition) is 1. The second-order valence-corrected chi connectivity index (χ2v) is 4.63. The molecular formula is C17H21NO. The Kier molecular flexibility index (Phi) is 4.99. The fourth-order valence-electron chi connectivity index (χ4n) is 2.28. The SMILES string of the molecule is CCOc1cccc(CC(CN)c2ccccc2)c1. The second-order valence-electron chi connectivity index (χ2n) is 4.63. The van der Waals surface area contributed by atoms with E-state index in [-0.39, 0.29) is 0 Å². The largest absolute Gasteiger partial charge is 0.494 e. The molecule has 0 amide bonds. The van der Waals surface area contributed by atoms with Crippen molar-refractivity contribution >= 4 is 0 Å². The molecular weight excluding hydrogens is 234 g/mol. The standard InChI is InChI=1S/C17H21NO/c1-2-19-17-10-6-7-14(12-17)11-16(13-18)15-8-4-3-5-9-15/h3-10,12,16H,2,11,13,18H2,1H3. The minimum absolute atomic E-state index is 0.359. The molecule has 2 rings (SSSR count). The molecule has 100 valence electrons. The summed E-state index contributed by atoms with van der Waals surface area (Å²) in [7, 11) is 0. The molecule has 2 aromatic rings. The van der Waals surface area contributed by atoms with Crippen LogP contribution >= 0.6 is 0 Å². The highest BCUT2D eigenvalue weighted by Crippen LogP contribution is 2.22. The molecule has 0 saturated carbocycles. The average Bonchev–Trinajstić information content (AvgIpc) is 2.46. The monoisotopic (exact) mass is 255 g/mol. The van der Waals surface area contributed by atoms with Crippen LogP contribution in [0.25, 0.3) is 0 Å². The highest BCUT2D eigenvalue weighted by Gasteiger charge is 2.10. The molecule has 0 aliphatic heterocycles. The summed E-state index contributed by atoms with van der Waals surface area (Å²) in [6, 6.07) is 18.7. The van der Waals surface area contributed by atoms with Crippen LogP contribution in [0.5, 0.6) is 5.75 Å². The summed E-state index contributed by atoms with van der Waals surface area (Å²) >= 11 is 0. The van der Waals surface area contributed by atoms with Gasteiger partial charge in [-0.2, -0.15) is 0 Å². The van der Waals surface area contributed by atoms with E-state index in [0.29, 0.717) is 19.1 Å². The van der Waals surface area contributed by atoms with Crippen LogP contribution in [0, 0.1) is 0 Å². The maximum absolute atomic E-state index is 5.92. The van der Waals surface area contributed by atoms with E-state index < -0.39 is 0 Å². The normalized spacial score (nSPS) is 12.1. The minimum Gasteiger partial charge on any atom is -0.494 e. The number of rotatable bonds is 6. The van der Waals surface area contributed by atoms with E-state index in [9.17, 15) is 0 Å². The molecule has 19 heavy (non-hydrogen) atoms. The van der Waals surface area contributed by atoms with E-state index in [2.05, 4.69) is 36.4 Å². The van der Waals surface area contributed by atoms with E-state index in [1.807, 2.05) is 25.1 Å². The Bertz CT molecular complexity index is 496. The van der Waals surface area contributed by atoms with Crippen molar-refractivity contribution in [3.63, 3.8) is 0 Å². The third-order valence-corrected chi connectivity index (χ3v) is 3.25. The maximum Gasteiger partial charge on any atom is 0.119 e. The van der Waals surface area contributed by atoms with Gasteiger partial charge in [-0.05, 0) is 43.1 Å². The number of nitrogens with two attached hydrogens (primary N) is 1. The van der Waals surface area contributed by atoms with Crippen molar-refractivity contribution in [2.75, 3.05) is 13.2 Å². The van der Waals surface area contributed by atoms with Crippen molar-refractivity contribution < 1.29 is 4.74 Å². The molecule has 2 N–H and O–H groups in total. The van der Waals surface area contributed by atoms with Crippen LogP contribution < -0.4 is 10.5 Å². The van der Waals surface area contributed by atoms with Crippen molar-refractivity contribution in [3.8, 4) is 5.75 Å². The lowest BCUT2D eigenvalue weighted by atomic mass is 9.92. The van der Waals surface area contributed by atoms with Crippen LogP contribution in [0.4, 0.5) is 0 Å². The Morgan fingerprint density at radius 3 is 2.53 bits per heavy atom. The van der Waals surface area contributed by atoms with Gasteiger partial charge in [-0.15, -0.1) is 0 Å². The molecule has 2 aromatic carbocycles. The summed E-state index contributed by atoms with van der Waals surface area (Å²) in [5.41, 5.74) is 8.48. The predicted octanol–water partition coefficient (Wildman–Crippen LogP) is 3.37. The van der Waals surface area contributed by atoms with Crippen molar-refractivity contribution in [2.45, 2.75) is 19.3 Å². The number of ether oxygens (including phenoxy) is 1. The first-order chi connectivity index (χ1) is 9.33. The van der Waals surface area contributed by atoms with Gasteiger partial charge < -0.3 is 10.5 Å². The summed E-state index contributed by atoms with van der Waals surface area (Å²) in [5.74, 6) is 1.29. The van der Waals surface area contributed by atoms with Gasteiger partial charge in [0.1, 0.15) is 5.75 Å². The molecule has 0 saturated heterocycles. The molecule has 1 atom stereocenters. The van der Waals surface area contributed by atoms with Gasteiger partial charge in [-0.3, -0.25) is 0 Å². The zero-order valence-corrected chi connectivity index (χ0v) is 11.4. The molecule has 0 heterocycles. The summed E-state index contributed by atoms with van der Waals surface area (Å²) < 4.78 is 5.54. The predicted molar refractivity (Wildman–Crippen MR) is 79.6 cm³/mol. The zero-order chi connectivity index (χ0) is 13.5. The Hall–Kier alpha value is -1.80. The smallest absolute Gasteiger partial charge is 0.119 e. The topological polar surface area (TPSA) is 35.2 Å². The van der Waals surface area contributed by atoms with Gasteiger partial charge in [0, 0.05) is 5.92 Å². The lowest BCUT2D eigenvalue weighted by molar-refractivity contribution is 0.340. The van der Waals surface area contributed by atoms with E-state index >= 15 is 0 Å². The fraction of sp³-hybridized carbons (Fsp3) is 0.294. The Morgan fingerprint density at radius 1 is 1.05 bits per heavy atom. The molecule has 0 aromatic heterocycles. The van der Waals surface area contributed by atoms with E-state index in [0.717, 1.165) is 12.2 Å². The summed E-state index contributed by atoms with van der Waals surface area (Å²) in [6.07, 6.45) is 0.946. The van der Waals surface area contributed by atoms with E-state index in [1.165, 1.54) is 11.1 Å². The first-order valence-corrected chi connectivity index (χ1v) is 6.80. The van der Waals surface area contributed by atoms with Crippen LogP contribution in [0.2, 0.25) is 0 Å². The molecule has 2 heteroatoms. The Balaban J connectivity index is 2.12. The van der Waals surface area contributed by atoms with Gasteiger partial charge in [-0.25, -0.2) is 0 Å². The molecule has 0 aliphatic carbocycles. The van der Waals surface area contributed by atoms with Crippen molar-refractivity contribution in [1.82, 2.24) is 0 Å². The van der Waals surface area contributed by atoms with Crippen LogP contribution in [0.1, 0.15) is 24.0 Å². The fourth-order valence-corrected chi connectivity index (χ4v) is 2.28. The number of benzene rings is 2. The van der Waals surface area contributed by atoms with E-state index in [4.69, 9.17) is 10.5 Å². The van der Waals surface area contributed by atoms with Gasteiger partial charge in [0.15, 0.2) is 0 Å². The minimum atomic E-state index is 0.359. The molecule has 0 radical (unpaired) electrons. The third kappa shape index (κ3) is 3.83. The Morgan fingerprint density at radius 2 is 1.84 bits per heavy atom. The van der Waals surface area contributed by atoms with Crippen LogP contribution in [0.3, 0.4) is 0 Å². The molecule has 0 bridgehead atoms. The highest BCUT2D eigenvalue weighted by molar-refractivity contribution is 5.31. The highest BCUT2D eigenvalue weighted by atomic mass is 16.5. The molecule has 0 aliphatic rings. The maximum atomic E-state index is 5.92. The first kappa shape index (κ1) is 13.6. The van der Waals surface area contributed by atoms with Gasteiger partial charge in [0.05, 0.1) is 6.61 Å². The van der Waals surface area contributed by atoms with Crippen molar-refractivity contribution in [2.24, 2.45) is 5.73 Å². The lowest BCUT2D eigenvalue weighted by Gasteiger charge is -2.16. The lowest BCUT2D eigenvalue weighted by Crippen LogP contribution is -2.15. The van der Waals surface area contributed by atoms with E-state index in [1.54, 1.807) is 0 Å². The Labute approximate surface area is 115 Å². The first-order valence-electron chi connectivity index (χ1n) is 6.80. The number of hydrogen-bond acceptors (Lipinski definition) is 2. The van der Waals surface area contributed by atoms with Crippen LogP contribution in [-0.4, -0.2) is 13.2 Å². The van der Waals surface area contributed by atoms with Gasteiger partial charge in [0.25, 0.3) is 0 Å². The van der Waals surface area contributed by atoms with Gasteiger partial charge >= 0.3 is 0 Å². The molecule has 2 nitrogen and oxygen atoms in total. The third-order valence-electron chi connectivity index (χ3n) is 3.25. The van der Waals surface area contributed by atoms with Crippen molar-refractivity contribution in [1.29, 1.82) is 0 Å². The van der Waals surface area contributed by atoms with Crippen LogP contribution in [0.15, 0.2) is 54.6 Å². The van der Waals surface area contributed by atoms with Crippen LogP contribution in [-0.2, 0) is 6.42 Å². The second kappa shape index (κ2) is 6.95. The summed E-state index contributed by atoms with van der Waals surface area (Å²) in [6.45, 7) is 3.35. The summed E-state index contributed by atoms with van der Waals surface area (Å²) in [4.78, 5) is 0. The van der Waals surface area contributed by atoms with Gasteiger partial charge in [-0.1, -0.05) is 42.5 Å². The van der Waals surface area contributed by atoms with Gasteiger partial charge in [0.2, 0.25) is 0 Å². The quantitative estimate of drug-likeness (QED) is 0.859. The average molecular weight is 255 g/mol. The molecule has 1 unspecified atom stereocenters. The molecule has 0 fully saturated rings. The van der Waals surface area contributed by atoms with Crippen molar-refractivity contribution in [3.05, 3.63) is 65.7 Å². The summed E-state index contributed by atoms with van der Waals surface area (Å²) in [5, 5.41) is 0.